The van der Waals surface area contributed by atoms with Gasteiger partial charge >= 0.3 is 5.97 Å². The first kappa shape index (κ1) is 32.6. The highest BCUT2D eigenvalue weighted by Gasteiger charge is 2.30. The zero-order valence-electron chi connectivity index (χ0n) is 24.0. The number of likely N-dealkylation sites (N-methyl/N-ethyl adjacent to an activating group) is 1. The number of hydrogen-bond acceptors (Lipinski definition) is 8. The number of para-hydroxylation sites is 1. The van der Waals surface area contributed by atoms with E-state index in [1.807, 2.05) is 48.2 Å². The Morgan fingerprint density at radius 3 is 2.17 bits per heavy atom. The summed E-state index contributed by atoms with van der Waals surface area (Å²) in [6, 6.07) is 14.7. The van der Waals surface area contributed by atoms with Crippen molar-refractivity contribution in [2.24, 2.45) is 0 Å². The van der Waals surface area contributed by atoms with Crippen LogP contribution in [0, 0.1) is 0 Å². The van der Waals surface area contributed by atoms with E-state index in [4.69, 9.17) is 9.47 Å². The molecular formula is C29H40ClN5O5. The van der Waals surface area contributed by atoms with E-state index in [-0.39, 0.29) is 29.8 Å². The second kappa shape index (κ2) is 15.3. The highest BCUT2D eigenvalue weighted by atomic mass is 35.5. The van der Waals surface area contributed by atoms with Crippen LogP contribution in [0.25, 0.3) is 10.9 Å². The van der Waals surface area contributed by atoms with Crippen molar-refractivity contribution in [2.75, 3.05) is 71.8 Å². The molecular weight excluding hydrogens is 534 g/mol. The summed E-state index contributed by atoms with van der Waals surface area (Å²) in [5.74, 6) is 0.0144. The average molecular weight is 574 g/mol. The van der Waals surface area contributed by atoms with Crippen molar-refractivity contribution in [1.29, 1.82) is 0 Å². The first-order valence-electron chi connectivity index (χ1n) is 12.9. The zero-order valence-corrected chi connectivity index (χ0v) is 24.7. The molecule has 0 unspecified atom stereocenters. The Bertz CT molecular complexity index is 1340. The normalized spacial score (nSPS) is 12.9. The number of rotatable bonds is 8. The lowest BCUT2D eigenvalue weighted by Crippen LogP contribution is -2.49. The van der Waals surface area contributed by atoms with Crippen molar-refractivity contribution in [3.63, 3.8) is 0 Å². The molecule has 0 saturated carbocycles. The molecule has 218 valence electrons. The predicted molar refractivity (Wildman–Crippen MR) is 161 cm³/mol. The SMILES string of the molecule is CCOC(=O)c1c(N2CCN(C(=O)c3ccc(OC)cc3)CC2)c2ccccc2n(CCN(C)C)c1=O.CCl.N. The van der Waals surface area contributed by atoms with Crippen LogP contribution in [0.1, 0.15) is 27.6 Å². The number of carbonyl (C=O) groups is 2. The third-order valence-electron chi connectivity index (χ3n) is 6.62. The fraction of sp³-hybridized carbons (Fsp3) is 0.414. The lowest BCUT2D eigenvalue weighted by atomic mass is 10.1. The van der Waals surface area contributed by atoms with Crippen molar-refractivity contribution in [3.8, 4) is 5.75 Å². The molecule has 0 bridgehead atoms. The lowest BCUT2D eigenvalue weighted by Gasteiger charge is -2.37. The number of ether oxygens (including phenoxy) is 2. The maximum Gasteiger partial charge on any atom is 0.345 e. The number of nitrogens with zero attached hydrogens (tertiary/aromatic N) is 4. The number of fused-ring (bicyclic) bond motifs is 1. The van der Waals surface area contributed by atoms with E-state index in [2.05, 4.69) is 11.6 Å². The highest BCUT2D eigenvalue weighted by Crippen LogP contribution is 2.31. The first-order chi connectivity index (χ1) is 18.8. The molecule has 1 aliphatic heterocycles. The number of aromatic nitrogens is 1. The molecule has 2 heterocycles. The zero-order chi connectivity index (χ0) is 28.5. The van der Waals surface area contributed by atoms with Crippen molar-refractivity contribution >= 4 is 40.1 Å². The van der Waals surface area contributed by atoms with Gasteiger partial charge in [-0.05, 0) is 51.4 Å². The van der Waals surface area contributed by atoms with Crippen molar-refractivity contribution < 1.29 is 19.1 Å². The minimum atomic E-state index is -0.622. The van der Waals surface area contributed by atoms with Crippen molar-refractivity contribution in [2.45, 2.75) is 13.5 Å². The van der Waals surface area contributed by atoms with Crippen LogP contribution in [-0.4, -0.2) is 93.2 Å². The molecule has 1 amide bonds. The van der Waals surface area contributed by atoms with Gasteiger partial charge < -0.3 is 34.9 Å². The van der Waals surface area contributed by atoms with E-state index in [1.54, 1.807) is 47.8 Å². The van der Waals surface area contributed by atoms with E-state index >= 15 is 0 Å². The minimum absolute atomic E-state index is 0. The van der Waals surface area contributed by atoms with Gasteiger partial charge in [-0.3, -0.25) is 9.59 Å². The molecule has 40 heavy (non-hydrogen) atoms. The predicted octanol–water partition coefficient (Wildman–Crippen LogP) is 3.73. The van der Waals surface area contributed by atoms with Gasteiger partial charge in [0, 0.05) is 56.6 Å². The van der Waals surface area contributed by atoms with Crippen LogP contribution in [0.5, 0.6) is 5.75 Å². The summed E-state index contributed by atoms with van der Waals surface area (Å²) in [7, 11) is 5.48. The Hall–Kier alpha value is -3.60. The van der Waals surface area contributed by atoms with Crippen LogP contribution < -0.4 is 21.3 Å². The minimum Gasteiger partial charge on any atom is -0.497 e. The second-order valence-electron chi connectivity index (χ2n) is 9.23. The second-order valence-corrected chi connectivity index (χ2v) is 9.23. The Balaban J connectivity index is 0.00000183. The number of amides is 1. The van der Waals surface area contributed by atoms with Gasteiger partial charge in [0.25, 0.3) is 11.5 Å². The van der Waals surface area contributed by atoms with Crippen molar-refractivity contribution in [3.05, 3.63) is 70.0 Å². The molecule has 1 aliphatic rings. The number of piperazine rings is 1. The number of carbonyl (C=O) groups excluding carboxylic acids is 2. The van der Waals surface area contributed by atoms with E-state index in [0.717, 1.165) is 10.9 Å². The third kappa shape index (κ3) is 7.12. The average Bonchev–Trinajstić information content (AvgIpc) is 2.97. The van der Waals surface area contributed by atoms with Gasteiger partial charge in [-0.25, -0.2) is 4.79 Å². The molecule has 4 rings (SSSR count). The number of methoxy groups -OCH3 is 1. The molecule has 0 radical (unpaired) electrons. The molecule has 11 heteroatoms. The van der Waals surface area contributed by atoms with Gasteiger partial charge in [-0.15, -0.1) is 11.6 Å². The smallest absolute Gasteiger partial charge is 0.345 e. The summed E-state index contributed by atoms with van der Waals surface area (Å²) in [4.78, 5) is 45.8. The third-order valence-corrected chi connectivity index (χ3v) is 6.62. The van der Waals surface area contributed by atoms with E-state index in [0.29, 0.717) is 56.3 Å². The summed E-state index contributed by atoms with van der Waals surface area (Å²) < 4.78 is 12.2. The molecule has 10 nitrogen and oxygen atoms in total. The highest BCUT2D eigenvalue weighted by molar-refractivity contribution is 6.15. The molecule has 2 aromatic carbocycles. The Morgan fingerprint density at radius 1 is 0.975 bits per heavy atom. The molecule has 0 spiro atoms. The van der Waals surface area contributed by atoms with E-state index in [1.165, 1.54) is 6.38 Å². The monoisotopic (exact) mass is 573 g/mol. The summed E-state index contributed by atoms with van der Waals surface area (Å²) >= 11 is 4.64. The van der Waals surface area contributed by atoms with Gasteiger partial charge in [0.1, 0.15) is 11.3 Å². The molecule has 3 N–H and O–H groups in total. The van der Waals surface area contributed by atoms with E-state index < -0.39 is 5.97 Å². The van der Waals surface area contributed by atoms with Gasteiger partial charge in [-0.2, -0.15) is 0 Å². The molecule has 1 aromatic heterocycles. The van der Waals surface area contributed by atoms with Gasteiger partial charge in [0.2, 0.25) is 0 Å². The molecule has 3 aromatic rings. The molecule has 1 saturated heterocycles. The number of pyridine rings is 1. The molecule has 0 atom stereocenters. The van der Waals surface area contributed by atoms with Gasteiger partial charge in [0.05, 0.1) is 24.9 Å². The Morgan fingerprint density at radius 2 is 1.60 bits per heavy atom. The number of esters is 1. The summed E-state index contributed by atoms with van der Waals surface area (Å²) in [5.41, 5.74) is 1.64. The van der Waals surface area contributed by atoms with Crippen LogP contribution in [-0.2, 0) is 11.3 Å². The largest absolute Gasteiger partial charge is 0.497 e. The lowest BCUT2D eigenvalue weighted by molar-refractivity contribution is 0.0523. The van der Waals surface area contributed by atoms with E-state index in [9.17, 15) is 14.4 Å². The summed E-state index contributed by atoms with van der Waals surface area (Å²) in [6.45, 7) is 4.90. The van der Waals surface area contributed by atoms with Gasteiger partial charge in [0.15, 0.2) is 0 Å². The maximum absolute atomic E-state index is 13.7. The number of benzene rings is 2. The Kier molecular flexibility index (Phi) is 12.4. The number of hydrogen-bond donors (Lipinski definition) is 1. The fourth-order valence-corrected chi connectivity index (χ4v) is 4.68. The van der Waals surface area contributed by atoms with Crippen LogP contribution in [0.4, 0.5) is 5.69 Å². The summed E-state index contributed by atoms with van der Waals surface area (Å²) in [6.07, 6.45) is 1.47. The van der Waals surface area contributed by atoms with Crippen LogP contribution in [0.2, 0.25) is 0 Å². The molecule has 0 aliphatic carbocycles. The Labute approximate surface area is 240 Å². The van der Waals surface area contributed by atoms with Crippen molar-refractivity contribution in [1.82, 2.24) is 20.5 Å². The fourth-order valence-electron chi connectivity index (χ4n) is 4.68. The number of anilines is 1. The first-order valence-corrected chi connectivity index (χ1v) is 13.6. The van der Waals surface area contributed by atoms with Crippen LogP contribution in [0.15, 0.2) is 53.3 Å². The van der Waals surface area contributed by atoms with Crippen LogP contribution in [0.3, 0.4) is 0 Å². The maximum atomic E-state index is 13.7. The topological polar surface area (TPSA) is 119 Å². The molecule has 1 fully saturated rings. The number of halogens is 1. The quantitative estimate of drug-likeness (QED) is 0.320. The summed E-state index contributed by atoms with van der Waals surface area (Å²) in [5, 5.41) is 0.818. The number of alkyl halides is 1. The standard InChI is InChI=1S/C28H34N4O5.CH3Cl.H3N/c1-5-37-28(35)24-25(22-8-6-7-9-23(22)32(27(24)34)19-14-29(2)3)30-15-17-31(18-16-30)26(33)20-10-12-21(36-4)13-11-20;1-2;/h6-13H,5,14-19H2,1-4H3;1H3;1H3. The van der Waals surface area contributed by atoms with Crippen LogP contribution >= 0.6 is 11.6 Å². The van der Waals surface area contributed by atoms with Gasteiger partial charge in [-0.1, -0.05) is 18.2 Å².